The number of carbonyl (C=O) groups is 2. The molecule has 1 saturated heterocycles. The Morgan fingerprint density at radius 1 is 1.36 bits per heavy atom. The van der Waals surface area contributed by atoms with Crippen molar-refractivity contribution in [2.24, 2.45) is 0 Å². The van der Waals surface area contributed by atoms with Crippen molar-refractivity contribution < 1.29 is 23.8 Å². The zero-order valence-corrected chi connectivity index (χ0v) is 16.8. The maximum absolute atomic E-state index is 13.3. The number of ketones is 1. The summed E-state index contributed by atoms with van der Waals surface area (Å²) >= 11 is 1.26. The predicted octanol–water partition coefficient (Wildman–Crippen LogP) is 3.42. The zero-order chi connectivity index (χ0) is 20.0. The number of hydrogen-bond acceptors (Lipinski definition) is 7. The third kappa shape index (κ3) is 3.16. The molecule has 1 N–H and O–H groups in total. The van der Waals surface area contributed by atoms with Crippen molar-refractivity contribution in [3.05, 3.63) is 50.6 Å². The van der Waals surface area contributed by atoms with Gasteiger partial charge >= 0.3 is 0 Å². The molecule has 8 heteroatoms. The van der Waals surface area contributed by atoms with Crippen molar-refractivity contribution in [3.63, 3.8) is 0 Å². The van der Waals surface area contributed by atoms with Crippen molar-refractivity contribution in [3.8, 4) is 0 Å². The van der Waals surface area contributed by atoms with Crippen molar-refractivity contribution in [1.29, 1.82) is 0 Å². The maximum Gasteiger partial charge on any atom is 0.290 e. The third-order valence-electron chi connectivity index (χ3n) is 5.11. The van der Waals surface area contributed by atoms with Crippen LogP contribution in [0, 0.1) is 20.8 Å². The van der Waals surface area contributed by atoms with Gasteiger partial charge in [-0.25, -0.2) is 4.98 Å². The largest absolute Gasteiger partial charge is 0.503 e. The molecule has 4 heterocycles. The van der Waals surface area contributed by atoms with Crippen molar-refractivity contribution in [2.75, 3.05) is 13.2 Å². The summed E-state index contributed by atoms with van der Waals surface area (Å²) in [5.74, 6) is -0.357. The van der Waals surface area contributed by atoms with Crippen LogP contribution in [0.3, 0.4) is 0 Å². The van der Waals surface area contributed by atoms with Gasteiger partial charge < -0.3 is 19.2 Å². The second-order valence-electron chi connectivity index (χ2n) is 7.18. The zero-order valence-electron chi connectivity index (χ0n) is 16.0. The Morgan fingerprint density at radius 3 is 2.71 bits per heavy atom. The lowest BCUT2D eigenvalue weighted by molar-refractivity contribution is -0.131. The first-order valence-corrected chi connectivity index (χ1v) is 10.1. The van der Waals surface area contributed by atoms with Crippen molar-refractivity contribution in [1.82, 2.24) is 9.88 Å². The Bertz CT molecular complexity index is 967. The van der Waals surface area contributed by atoms with E-state index in [1.807, 2.05) is 6.92 Å². The van der Waals surface area contributed by atoms with Crippen LogP contribution in [0.1, 0.15) is 50.8 Å². The first-order valence-electron chi connectivity index (χ1n) is 9.27. The molecule has 2 aliphatic heterocycles. The van der Waals surface area contributed by atoms with Crippen molar-refractivity contribution >= 4 is 23.0 Å². The SMILES string of the molecule is Cc1ccc(C2C(C(=O)c3sc(C)nc3C)=C(O)C(=O)N2CC2CCCO2)o1. The van der Waals surface area contributed by atoms with Crippen LogP contribution in [-0.2, 0) is 9.53 Å². The summed E-state index contributed by atoms with van der Waals surface area (Å²) in [4.78, 5) is 32.4. The number of ether oxygens (including phenoxy) is 1. The lowest BCUT2D eigenvalue weighted by Gasteiger charge is -2.27. The molecule has 28 heavy (non-hydrogen) atoms. The van der Waals surface area contributed by atoms with Crippen LogP contribution in [0.4, 0.5) is 0 Å². The Balaban J connectivity index is 1.76. The average molecular weight is 402 g/mol. The number of carbonyl (C=O) groups excluding carboxylic acids is 2. The minimum Gasteiger partial charge on any atom is -0.503 e. The number of aliphatic hydroxyl groups is 1. The highest BCUT2D eigenvalue weighted by Gasteiger charge is 2.46. The van der Waals surface area contributed by atoms with E-state index in [0.717, 1.165) is 17.8 Å². The standard InChI is InChI=1S/C20H22N2O5S/c1-10-6-7-14(27-10)16-15(17(23)19-11(2)21-12(3)28-19)18(24)20(25)22(16)9-13-5-4-8-26-13/h6-7,13,16,24H,4-5,8-9H2,1-3H3. The minimum absolute atomic E-state index is 0.0455. The molecule has 2 atom stereocenters. The molecule has 148 valence electrons. The maximum atomic E-state index is 13.3. The summed E-state index contributed by atoms with van der Waals surface area (Å²) in [5, 5.41) is 11.4. The Kier molecular flexibility index (Phi) is 4.84. The molecule has 2 aliphatic rings. The fraction of sp³-hybridized carbons (Fsp3) is 0.450. The molecule has 0 aromatic carbocycles. The van der Waals surface area contributed by atoms with Gasteiger partial charge in [0.1, 0.15) is 17.6 Å². The summed E-state index contributed by atoms with van der Waals surface area (Å²) in [6.45, 7) is 6.32. The van der Waals surface area contributed by atoms with Crippen LogP contribution in [0.2, 0.25) is 0 Å². The first-order chi connectivity index (χ1) is 13.4. The van der Waals surface area contributed by atoms with E-state index < -0.39 is 17.7 Å². The quantitative estimate of drug-likeness (QED) is 0.771. The molecule has 1 fully saturated rings. The van der Waals surface area contributed by atoms with Gasteiger partial charge in [-0.1, -0.05) is 0 Å². The van der Waals surface area contributed by atoms with E-state index in [1.54, 1.807) is 26.0 Å². The summed E-state index contributed by atoms with van der Waals surface area (Å²) in [5.41, 5.74) is 0.635. The molecule has 0 aliphatic carbocycles. The third-order valence-corrected chi connectivity index (χ3v) is 6.18. The first kappa shape index (κ1) is 18.9. The molecule has 2 aromatic heterocycles. The minimum atomic E-state index is -0.778. The van der Waals surface area contributed by atoms with E-state index in [1.165, 1.54) is 16.2 Å². The van der Waals surface area contributed by atoms with Crippen LogP contribution in [0.15, 0.2) is 27.9 Å². The second kappa shape index (κ2) is 7.18. The number of aliphatic hydroxyl groups excluding tert-OH is 1. The molecule has 4 rings (SSSR count). The van der Waals surface area contributed by atoms with Gasteiger partial charge in [0.25, 0.3) is 5.91 Å². The van der Waals surface area contributed by atoms with E-state index in [2.05, 4.69) is 4.98 Å². The molecule has 0 saturated carbocycles. The molecule has 1 amide bonds. The van der Waals surface area contributed by atoms with Crippen LogP contribution in [0.25, 0.3) is 0 Å². The highest BCUT2D eigenvalue weighted by Crippen LogP contribution is 2.41. The smallest absolute Gasteiger partial charge is 0.290 e. The van der Waals surface area contributed by atoms with Crippen LogP contribution in [0.5, 0.6) is 0 Å². The van der Waals surface area contributed by atoms with E-state index >= 15 is 0 Å². The highest BCUT2D eigenvalue weighted by molar-refractivity contribution is 7.14. The normalized spacial score (nSPS) is 22.5. The van der Waals surface area contributed by atoms with Gasteiger partial charge in [0.05, 0.1) is 27.3 Å². The summed E-state index contributed by atoms with van der Waals surface area (Å²) in [6, 6.07) is 2.75. The average Bonchev–Trinajstić information content (AvgIpc) is 3.41. The van der Waals surface area contributed by atoms with Gasteiger partial charge in [-0.3, -0.25) is 9.59 Å². The topological polar surface area (TPSA) is 92.9 Å². The number of furan rings is 1. The van der Waals surface area contributed by atoms with Gasteiger partial charge in [-0.15, -0.1) is 11.3 Å². The molecule has 7 nitrogen and oxygen atoms in total. The Morgan fingerprint density at radius 2 is 2.14 bits per heavy atom. The number of rotatable bonds is 5. The second-order valence-corrected chi connectivity index (χ2v) is 8.39. The van der Waals surface area contributed by atoms with E-state index in [9.17, 15) is 14.7 Å². The Hall–Kier alpha value is -2.45. The van der Waals surface area contributed by atoms with Gasteiger partial charge in [-0.2, -0.15) is 0 Å². The molecular formula is C20H22N2O5S. The van der Waals surface area contributed by atoms with Crippen LogP contribution in [-0.4, -0.2) is 45.9 Å². The lowest BCUT2D eigenvalue weighted by atomic mass is 9.99. The number of aromatic nitrogens is 1. The molecule has 0 spiro atoms. The Labute approximate surface area is 166 Å². The number of thiazole rings is 1. The van der Waals surface area contributed by atoms with Gasteiger partial charge in [0.2, 0.25) is 5.78 Å². The van der Waals surface area contributed by atoms with Gasteiger partial charge in [-0.05, 0) is 45.7 Å². The number of Topliss-reactive ketones (excluding diaryl/α,β-unsaturated/α-hetero) is 1. The molecule has 0 bridgehead atoms. The van der Waals surface area contributed by atoms with Gasteiger partial charge in [0, 0.05) is 13.2 Å². The molecular weight excluding hydrogens is 380 g/mol. The lowest BCUT2D eigenvalue weighted by Crippen LogP contribution is -2.37. The van der Waals surface area contributed by atoms with Gasteiger partial charge in [0.15, 0.2) is 5.76 Å². The summed E-state index contributed by atoms with van der Waals surface area (Å²) in [7, 11) is 0. The predicted molar refractivity (Wildman–Crippen MR) is 102 cm³/mol. The summed E-state index contributed by atoms with van der Waals surface area (Å²) < 4.78 is 11.4. The van der Waals surface area contributed by atoms with Crippen LogP contribution >= 0.6 is 11.3 Å². The fourth-order valence-electron chi connectivity index (χ4n) is 3.84. The number of aryl methyl sites for hydroxylation is 3. The van der Waals surface area contributed by atoms with E-state index in [0.29, 0.717) is 35.2 Å². The fourth-order valence-corrected chi connectivity index (χ4v) is 4.72. The number of nitrogens with zero attached hydrogens (tertiary/aromatic N) is 2. The number of amides is 1. The van der Waals surface area contributed by atoms with E-state index in [4.69, 9.17) is 9.15 Å². The highest BCUT2D eigenvalue weighted by atomic mass is 32.1. The van der Waals surface area contributed by atoms with E-state index in [-0.39, 0.29) is 17.5 Å². The molecule has 0 radical (unpaired) electrons. The molecule has 2 unspecified atom stereocenters. The van der Waals surface area contributed by atoms with Crippen molar-refractivity contribution in [2.45, 2.75) is 45.8 Å². The van der Waals surface area contributed by atoms with Crippen LogP contribution < -0.4 is 0 Å². The summed E-state index contributed by atoms with van der Waals surface area (Å²) in [6.07, 6.45) is 1.66. The number of hydrogen-bond donors (Lipinski definition) is 1. The molecule has 2 aromatic rings. The monoisotopic (exact) mass is 402 g/mol.